The van der Waals surface area contributed by atoms with Crippen LogP contribution in [0.25, 0.3) is 0 Å². The standard InChI is InChI=1S/C24H24F4N4O2S/c1-12(2)23(34)30-10-14-6-7-15(24(26,27)28)20(21(14)25)22-31-16(9-18(33)32-22)17-11-29-19(35-17)8-5-13-3-4-13/h6-7,11-13,16,22,31H,3-4,9-10H2,1-2H3,(H,30,34)(H,32,33). The summed E-state index contributed by atoms with van der Waals surface area (Å²) >= 11 is 1.25. The van der Waals surface area contributed by atoms with E-state index in [1.807, 2.05) is 0 Å². The van der Waals surface area contributed by atoms with Gasteiger partial charge in [0.15, 0.2) is 5.01 Å². The molecule has 2 atom stereocenters. The maximum Gasteiger partial charge on any atom is 0.416 e. The van der Waals surface area contributed by atoms with Gasteiger partial charge in [-0.2, -0.15) is 13.2 Å². The molecule has 1 aromatic heterocycles. The Bertz CT molecular complexity index is 1190. The van der Waals surface area contributed by atoms with Crippen molar-refractivity contribution in [2.24, 2.45) is 11.8 Å². The summed E-state index contributed by atoms with van der Waals surface area (Å²) in [5.41, 5.74) is -2.03. The molecular formula is C24H24F4N4O2S. The van der Waals surface area contributed by atoms with Gasteiger partial charge in [-0.05, 0) is 24.8 Å². The number of halogens is 4. The van der Waals surface area contributed by atoms with Gasteiger partial charge in [-0.25, -0.2) is 9.37 Å². The third kappa shape index (κ3) is 6.00. The molecule has 6 nitrogen and oxygen atoms in total. The average molecular weight is 509 g/mol. The highest BCUT2D eigenvalue weighted by Gasteiger charge is 2.40. The normalized spacial score (nSPS) is 20.3. The van der Waals surface area contributed by atoms with E-state index < -0.39 is 41.2 Å². The van der Waals surface area contributed by atoms with Crippen molar-refractivity contribution in [1.29, 1.82) is 0 Å². The first-order valence-electron chi connectivity index (χ1n) is 11.2. The van der Waals surface area contributed by atoms with Crippen molar-refractivity contribution in [3.05, 3.63) is 50.7 Å². The maximum absolute atomic E-state index is 15.5. The second kappa shape index (κ2) is 9.95. The zero-order chi connectivity index (χ0) is 25.3. The van der Waals surface area contributed by atoms with Crippen molar-refractivity contribution >= 4 is 23.2 Å². The van der Waals surface area contributed by atoms with Crippen molar-refractivity contribution in [3.63, 3.8) is 0 Å². The summed E-state index contributed by atoms with van der Waals surface area (Å²) in [6.07, 6.45) is -2.67. The molecule has 1 saturated heterocycles. The van der Waals surface area contributed by atoms with Crippen molar-refractivity contribution in [1.82, 2.24) is 20.9 Å². The molecule has 0 bridgehead atoms. The second-order valence-electron chi connectivity index (χ2n) is 8.91. The van der Waals surface area contributed by atoms with Crippen LogP contribution < -0.4 is 16.0 Å². The molecule has 11 heteroatoms. The number of rotatable bonds is 5. The quantitative estimate of drug-likeness (QED) is 0.418. The number of nitrogens with zero attached hydrogens (tertiary/aromatic N) is 1. The lowest BCUT2D eigenvalue weighted by molar-refractivity contribution is -0.139. The van der Waals surface area contributed by atoms with Gasteiger partial charge in [-0.3, -0.25) is 14.9 Å². The predicted molar refractivity (Wildman–Crippen MR) is 121 cm³/mol. The van der Waals surface area contributed by atoms with Gasteiger partial charge in [0.25, 0.3) is 0 Å². The molecule has 35 heavy (non-hydrogen) atoms. The molecule has 0 radical (unpaired) electrons. The molecule has 2 heterocycles. The van der Waals surface area contributed by atoms with E-state index in [9.17, 15) is 22.8 Å². The summed E-state index contributed by atoms with van der Waals surface area (Å²) in [7, 11) is 0. The van der Waals surface area contributed by atoms with Crippen LogP contribution in [0.5, 0.6) is 0 Å². The first-order valence-corrected chi connectivity index (χ1v) is 12.0. The minimum absolute atomic E-state index is 0.0404. The van der Waals surface area contributed by atoms with Crippen LogP contribution in [-0.4, -0.2) is 16.8 Å². The largest absolute Gasteiger partial charge is 0.416 e. The predicted octanol–water partition coefficient (Wildman–Crippen LogP) is 4.18. The number of carbonyl (C=O) groups excluding carboxylic acids is 2. The third-order valence-corrected chi connectivity index (χ3v) is 6.75. The zero-order valence-electron chi connectivity index (χ0n) is 19.1. The molecular weight excluding hydrogens is 484 g/mol. The Morgan fingerprint density at radius 1 is 1.31 bits per heavy atom. The average Bonchev–Trinajstić information content (AvgIpc) is 3.50. The first kappa shape index (κ1) is 25.1. The zero-order valence-corrected chi connectivity index (χ0v) is 19.9. The fourth-order valence-electron chi connectivity index (χ4n) is 3.63. The highest BCUT2D eigenvalue weighted by molar-refractivity contribution is 7.12. The fraction of sp³-hybridized carbons (Fsp3) is 0.458. The van der Waals surface area contributed by atoms with E-state index in [1.54, 1.807) is 13.8 Å². The lowest BCUT2D eigenvalue weighted by Gasteiger charge is -2.33. The van der Waals surface area contributed by atoms with Crippen LogP contribution >= 0.6 is 11.3 Å². The molecule has 1 aliphatic carbocycles. The first-order chi connectivity index (χ1) is 16.5. The smallest absolute Gasteiger partial charge is 0.352 e. The summed E-state index contributed by atoms with van der Waals surface area (Å²) in [6.45, 7) is 3.01. The molecule has 4 rings (SSSR count). The molecule has 2 aliphatic rings. The van der Waals surface area contributed by atoms with Gasteiger partial charge in [0, 0.05) is 47.0 Å². The van der Waals surface area contributed by atoms with E-state index >= 15 is 4.39 Å². The van der Waals surface area contributed by atoms with Gasteiger partial charge in [-0.15, -0.1) is 11.3 Å². The Morgan fingerprint density at radius 2 is 2.06 bits per heavy atom. The number of amides is 2. The second-order valence-corrected chi connectivity index (χ2v) is 9.97. The minimum atomic E-state index is -4.86. The molecule has 1 saturated carbocycles. The summed E-state index contributed by atoms with van der Waals surface area (Å²) < 4.78 is 56.9. The Hall–Kier alpha value is -2.97. The molecule has 2 aromatic rings. The van der Waals surface area contributed by atoms with Crippen molar-refractivity contribution < 1.29 is 27.2 Å². The molecule has 186 valence electrons. The number of alkyl halides is 3. The molecule has 2 amide bonds. The Labute approximate surface area is 203 Å². The number of carbonyl (C=O) groups is 2. The van der Waals surface area contributed by atoms with Crippen LogP contribution in [0.15, 0.2) is 18.3 Å². The van der Waals surface area contributed by atoms with Gasteiger partial charge in [-0.1, -0.05) is 25.8 Å². The highest BCUT2D eigenvalue weighted by Crippen LogP contribution is 2.39. The van der Waals surface area contributed by atoms with Gasteiger partial charge in [0.2, 0.25) is 11.8 Å². The molecule has 2 fully saturated rings. The van der Waals surface area contributed by atoms with Gasteiger partial charge >= 0.3 is 6.18 Å². The van der Waals surface area contributed by atoms with E-state index in [2.05, 4.69) is 32.8 Å². The lowest BCUT2D eigenvalue weighted by atomic mass is 9.96. The summed E-state index contributed by atoms with van der Waals surface area (Å²) in [4.78, 5) is 29.2. The number of nitrogens with one attached hydrogen (secondary N) is 3. The minimum Gasteiger partial charge on any atom is -0.352 e. The number of hydrogen-bond acceptors (Lipinski definition) is 5. The Morgan fingerprint density at radius 3 is 2.71 bits per heavy atom. The van der Waals surface area contributed by atoms with E-state index in [1.165, 1.54) is 17.5 Å². The monoisotopic (exact) mass is 508 g/mol. The van der Waals surface area contributed by atoms with Crippen LogP contribution in [0.2, 0.25) is 0 Å². The Balaban J connectivity index is 1.63. The van der Waals surface area contributed by atoms with Gasteiger partial charge in [0.1, 0.15) is 12.0 Å². The number of thiazole rings is 1. The third-order valence-electron chi connectivity index (χ3n) is 5.72. The van der Waals surface area contributed by atoms with Crippen molar-refractivity contribution in [2.45, 2.75) is 58.0 Å². The van der Waals surface area contributed by atoms with Crippen molar-refractivity contribution in [2.75, 3.05) is 0 Å². The number of aromatic nitrogens is 1. The van der Waals surface area contributed by atoms with Crippen LogP contribution in [0, 0.1) is 29.5 Å². The van der Waals surface area contributed by atoms with Crippen LogP contribution in [0.4, 0.5) is 17.6 Å². The van der Waals surface area contributed by atoms with Crippen molar-refractivity contribution in [3.8, 4) is 11.8 Å². The van der Waals surface area contributed by atoms with E-state index in [0.717, 1.165) is 25.0 Å². The molecule has 1 aromatic carbocycles. The van der Waals surface area contributed by atoms with E-state index in [-0.39, 0.29) is 30.4 Å². The molecule has 2 unspecified atom stereocenters. The number of benzene rings is 1. The van der Waals surface area contributed by atoms with Crippen LogP contribution in [0.3, 0.4) is 0 Å². The highest BCUT2D eigenvalue weighted by atomic mass is 32.1. The van der Waals surface area contributed by atoms with Gasteiger partial charge in [0.05, 0.1) is 11.6 Å². The summed E-state index contributed by atoms with van der Waals surface area (Å²) in [5, 5.41) is 8.43. The number of hydrogen-bond donors (Lipinski definition) is 3. The van der Waals surface area contributed by atoms with Gasteiger partial charge < -0.3 is 10.6 Å². The van der Waals surface area contributed by atoms with Crippen LogP contribution in [-0.2, 0) is 22.3 Å². The molecule has 1 aliphatic heterocycles. The molecule has 0 spiro atoms. The van der Waals surface area contributed by atoms with Crippen LogP contribution in [0.1, 0.15) is 71.9 Å². The maximum atomic E-state index is 15.5. The SMILES string of the molecule is CC(C)C(=O)NCc1ccc(C(F)(F)F)c(C2NC(=O)CC(c3cnc(C#CC4CC4)s3)N2)c1F. The topological polar surface area (TPSA) is 83.1 Å². The lowest BCUT2D eigenvalue weighted by Crippen LogP contribution is -2.47. The molecule has 3 N–H and O–H groups in total. The summed E-state index contributed by atoms with van der Waals surface area (Å²) in [5.74, 6) is 4.06. The fourth-order valence-corrected chi connectivity index (χ4v) is 4.47. The van der Waals surface area contributed by atoms with E-state index in [4.69, 9.17) is 0 Å². The Kier molecular flexibility index (Phi) is 7.15. The van der Waals surface area contributed by atoms with E-state index in [0.29, 0.717) is 15.8 Å². The summed E-state index contributed by atoms with van der Waals surface area (Å²) in [6, 6.07) is 1.11.